The highest BCUT2D eigenvalue weighted by Crippen LogP contribution is 2.27. The molecule has 2 heterocycles. The van der Waals surface area contributed by atoms with Crippen molar-refractivity contribution in [3.63, 3.8) is 0 Å². The molecule has 2 atom stereocenters. The summed E-state index contributed by atoms with van der Waals surface area (Å²) in [6, 6.07) is 8.14. The highest BCUT2D eigenvalue weighted by Gasteiger charge is 2.31. The van der Waals surface area contributed by atoms with Crippen molar-refractivity contribution in [2.24, 2.45) is 0 Å². The van der Waals surface area contributed by atoms with Crippen molar-refractivity contribution in [1.82, 2.24) is 4.90 Å². The average molecular weight is 262 g/mol. The third kappa shape index (κ3) is 2.21. The van der Waals surface area contributed by atoms with Gasteiger partial charge in [0.25, 0.3) is 0 Å². The molecule has 1 N–H and O–H groups in total. The van der Waals surface area contributed by atoms with E-state index in [4.69, 9.17) is 0 Å². The number of hydrogen-bond donors (Lipinski definition) is 1. The van der Waals surface area contributed by atoms with Crippen LogP contribution in [-0.4, -0.2) is 40.9 Å². The standard InChI is InChI=1S/C14H18N2OS/c1-10-9-16(6-7-18-10)14(17)13-8-11-4-2-3-5-12(11)15-13/h2-5,10,13,15H,6-9H2,1H3/t10?,13-/m0/s1. The minimum absolute atomic E-state index is 0.0577. The number of hydrogen-bond acceptors (Lipinski definition) is 3. The summed E-state index contributed by atoms with van der Waals surface area (Å²) in [7, 11) is 0. The molecule has 0 aromatic heterocycles. The van der Waals surface area contributed by atoms with Gasteiger partial charge in [0.1, 0.15) is 6.04 Å². The van der Waals surface area contributed by atoms with Crippen molar-refractivity contribution in [3.05, 3.63) is 29.8 Å². The number of anilines is 1. The summed E-state index contributed by atoms with van der Waals surface area (Å²) in [5.74, 6) is 1.32. The molecule has 1 amide bonds. The van der Waals surface area contributed by atoms with Gasteiger partial charge >= 0.3 is 0 Å². The van der Waals surface area contributed by atoms with Crippen molar-refractivity contribution in [2.45, 2.75) is 24.6 Å². The Labute approximate surface area is 112 Å². The molecule has 3 rings (SSSR count). The number of thioether (sulfide) groups is 1. The lowest BCUT2D eigenvalue weighted by Gasteiger charge is -2.32. The van der Waals surface area contributed by atoms with Crippen LogP contribution in [0, 0.1) is 0 Å². The fourth-order valence-electron chi connectivity index (χ4n) is 2.69. The predicted octanol–water partition coefficient (Wildman–Crippen LogP) is 1.99. The zero-order valence-corrected chi connectivity index (χ0v) is 11.4. The number of carbonyl (C=O) groups excluding carboxylic acids is 1. The number of benzene rings is 1. The summed E-state index contributed by atoms with van der Waals surface area (Å²) < 4.78 is 0. The van der Waals surface area contributed by atoms with Crippen molar-refractivity contribution in [2.75, 3.05) is 24.2 Å². The first-order valence-corrected chi connectivity index (χ1v) is 7.54. The zero-order valence-electron chi connectivity index (χ0n) is 10.6. The van der Waals surface area contributed by atoms with Gasteiger partial charge in [0.2, 0.25) is 5.91 Å². The Morgan fingerprint density at radius 1 is 1.44 bits per heavy atom. The van der Waals surface area contributed by atoms with Gasteiger partial charge in [0, 0.05) is 36.2 Å². The molecule has 0 spiro atoms. The molecule has 1 aromatic carbocycles. The lowest BCUT2D eigenvalue weighted by atomic mass is 10.1. The Kier molecular flexibility index (Phi) is 3.20. The van der Waals surface area contributed by atoms with Gasteiger partial charge in [-0.1, -0.05) is 25.1 Å². The maximum absolute atomic E-state index is 12.5. The van der Waals surface area contributed by atoms with Crippen LogP contribution in [-0.2, 0) is 11.2 Å². The number of rotatable bonds is 1. The number of para-hydroxylation sites is 1. The van der Waals surface area contributed by atoms with Crippen LogP contribution in [0.3, 0.4) is 0 Å². The lowest BCUT2D eigenvalue weighted by molar-refractivity contribution is -0.131. The molecule has 0 aliphatic carbocycles. The van der Waals surface area contributed by atoms with Gasteiger partial charge in [-0.3, -0.25) is 4.79 Å². The van der Waals surface area contributed by atoms with Gasteiger partial charge in [-0.25, -0.2) is 0 Å². The van der Waals surface area contributed by atoms with Crippen LogP contribution in [0.15, 0.2) is 24.3 Å². The van der Waals surface area contributed by atoms with E-state index in [0.717, 1.165) is 31.0 Å². The molecule has 1 fully saturated rings. The molecule has 0 saturated carbocycles. The molecular formula is C14H18N2OS. The van der Waals surface area contributed by atoms with Gasteiger partial charge in [0.05, 0.1) is 0 Å². The van der Waals surface area contributed by atoms with E-state index in [9.17, 15) is 4.79 Å². The molecule has 2 aliphatic heterocycles. The number of nitrogens with one attached hydrogen (secondary N) is 1. The molecule has 0 bridgehead atoms. The molecule has 4 heteroatoms. The first kappa shape index (κ1) is 11.9. The van der Waals surface area contributed by atoms with E-state index in [1.807, 2.05) is 28.8 Å². The Hall–Kier alpha value is -1.16. The molecular weight excluding hydrogens is 244 g/mol. The third-order valence-corrected chi connectivity index (χ3v) is 4.76. The van der Waals surface area contributed by atoms with Crippen molar-refractivity contribution < 1.29 is 4.79 Å². The van der Waals surface area contributed by atoms with E-state index in [1.165, 1.54) is 5.56 Å². The van der Waals surface area contributed by atoms with E-state index in [1.54, 1.807) is 0 Å². The van der Waals surface area contributed by atoms with Gasteiger partial charge in [-0.05, 0) is 11.6 Å². The second-order valence-corrected chi connectivity index (χ2v) is 6.57. The second-order valence-electron chi connectivity index (χ2n) is 5.02. The summed E-state index contributed by atoms with van der Waals surface area (Å²) in [5.41, 5.74) is 2.38. The molecule has 1 aromatic rings. The number of fused-ring (bicyclic) bond motifs is 1. The predicted molar refractivity (Wildman–Crippen MR) is 76.1 cm³/mol. The fraction of sp³-hybridized carbons (Fsp3) is 0.500. The molecule has 2 aliphatic rings. The third-order valence-electron chi connectivity index (χ3n) is 3.62. The molecule has 3 nitrogen and oxygen atoms in total. The summed E-state index contributed by atoms with van der Waals surface area (Å²) in [4.78, 5) is 14.5. The Morgan fingerprint density at radius 3 is 3.06 bits per heavy atom. The van der Waals surface area contributed by atoms with E-state index in [2.05, 4.69) is 24.4 Å². The van der Waals surface area contributed by atoms with E-state index in [-0.39, 0.29) is 11.9 Å². The molecule has 18 heavy (non-hydrogen) atoms. The van der Waals surface area contributed by atoms with Gasteiger partial charge in [-0.15, -0.1) is 0 Å². The van der Waals surface area contributed by atoms with Gasteiger partial charge in [-0.2, -0.15) is 11.8 Å². The van der Waals surface area contributed by atoms with Crippen LogP contribution in [0.4, 0.5) is 5.69 Å². The molecule has 0 radical (unpaired) electrons. The quantitative estimate of drug-likeness (QED) is 0.840. The largest absolute Gasteiger partial charge is 0.373 e. The Balaban J connectivity index is 1.68. The summed E-state index contributed by atoms with van der Waals surface area (Å²) in [6.45, 7) is 3.97. The van der Waals surface area contributed by atoms with Crippen LogP contribution in [0.2, 0.25) is 0 Å². The van der Waals surface area contributed by atoms with Crippen LogP contribution in [0.1, 0.15) is 12.5 Å². The van der Waals surface area contributed by atoms with Gasteiger partial charge < -0.3 is 10.2 Å². The van der Waals surface area contributed by atoms with E-state index < -0.39 is 0 Å². The summed E-state index contributed by atoms with van der Waals surface area (Å²) in [6.07, 6.45) is 0.826. The topological polar surface area (TPSA) is 32.3 Å². The summed E-state index contributed by atoms with van der Waals surface area (Å²) in [5, 5.41) is 3.91. The second kappa shape index (κ2) is 4.84. The van der Waals surface area contributed by atoms with E-state index >= 15 is 0 Å². The first-order chi connectivity index (χ1) is 8.74. The number of amides is 1. The van der Waals surface area contributed by atoms with Gasteiger partial charge in [0.15, 0.2) is 0 Å². The summed E-state index contributed by atoms with van der Waals surface area (Å²) >= 11 is 1.95. The Morgan fingerprint density at radius 2 is 2.28 bits per heavy atom. The normalized spacial score (nSPS) is 26.6. The van der Waals surface area contributed by atoms with Crippen molar-refractivity contribution in [1.29, 1.82) is 0 Å². The molecule has 1 unspecified atom stereocenters. The van der Waals surface area contributed by atoms with Crippen LogP contribution in [0.5, 0.6) is 0 Å². The van der Waals surface area contributed by atoms with Crippen LogP contribution >= 0.6 is 11.8 Å². The molecule has 1 saturated heterocycles. The van der Waals surface area contributed by atoms with Crippen molar-refractivity contribution in [3.8, 4) is 0 Å². The van der Waals surface area contributed by atoms with E-state index in [0.29, 0.717) is 5.25 Å². The van der Waals surface area contributed by atoms with Crippen molar-refractivity contribution >= 4 is 23.4 Å². The average Bonchev–Trinajstić information content (AvgIpc) is 2.81. The maximum Gasteiger partial charge on any atom is 0.245 e. The smallest absolute Gasteiger partial charge is 0.245 e. The van der Waals surface area contributed by atoms with Crippen LogP contribution in [0.25, 0.3) is 0 Å². The first-order valence-electron chi connectivity index (χ1n) is 6.49. The lowest BCUT2D eigenvalue weighted by Crippen LogP contribution is -2.47. The highest BCUT2D eigenvalue weighted by molar-refractivity contribution is 7.99. The monoisotopic (exact) mass is 262 g/mol. The fourth-order valence-corrected chi connectivity index (χ4v) is 3.70. The minimum Gasteiger partial charge on any atom is -0.373 e. The minimum atomic E-state index is -0.0577. The molecule has 96 valence electrons. The number of carbonyl (C=O) groups is 1. The number of nitrogens with zero attached hydrogens (tertiary/aromatic N) is 1. The Bertz CT molecular complexity index is 438. The van der Waals surface area contributed by atoms with Crippen LogP contribution < -0.4 is 5.32 Å². The SMILES string of the molecule is CC1CN(C(=O)[C@@H]2Cc3ccccc3N2)CCS1. The zero-order chi connectivity index (χ0) is 12.5. The maximum atomic E-state index is 12.5. The highest BCUT2D eigenvalue weighted by atomic mass is 32.2.